The molecule has 0 bridgehead atoms. The van der Waals surface area contributed by atoms with E-state index in [1.54, 1.807) is 0 Å². The van der Waals surface area contributed by atoms with Crippen LogP contribution < -0.4 is 11.1 Å². The van der Waals surface area contributed by atoms with E-state index >= 15 is 0 Å². The van der Waals surface area contributed by atoms with Crippen molar-refractivity contribution < 1.29 is 4.79 Å². The minimum Gasteiger partial charge on any atom is -0.399 e. The van der Waals surface area contributed by atoms with Crippen molar-refractivity contribution in [2.45, 2.75) is 13.8 Å². The van der Waals surface area contributed by atoms with Crippen LogP contribution >= 0.6 is 11.8 Å². The van der Waals surface area contributed by atoms with Gasteiger partial charge < -0.3 is 15.6 Å². The summed E-state index contributed by atoms with van der Waals surface area (Å²) >= 11 is 1.35. The van der Waals surface area contributed by atoms with E-state index in [4.69, 9.17) is 5.73 Å². The molecule has 1 fully saturated rings. The summed E-state index contributed by atoms with van der Waals surface area (Å²) in [6, 6.07) is 19.4. The number of thioether (sulfide) groups is 1. The molecule has 3 aromatic rings. The average Bonchev–Trinajstić information content (AvgIpc) is 3.16. The standard InChI is InChI=1S/C22H20N4OS/c1-14-12-16(15(2)26(14)19-10-8-17(23)9-11-19)13-20-21(27)25-22(28-20)24-18-6-4-3-5-7-18/h3-13H,23H2,1-2H3,(H,24,25,27)/b20-13-. The summed E-state index contributed by atoms with van der Waals surface area (Å²) in [5.41, 5.74) is 11.6. The number of hydrogen-bond acceptors (Lipinski definition) is 4. The van der Waals surface area contributed by atoms with Crippen LogP contribution in [0.1, 0.15) is 17.0 Å². The maximum absolute atomic E-state index is 12.4. The Morgan fingerprint density at radius 1 is 1.07 bits per heavy atom. The largest absolute Gasteiger partial charge is 0.399 e. The monoisotopic (exact) mass is 388 g/mol. The van der Waals surface area contributed by atoms with E-state index in [-0.39, 0.29) is 5.91 Å². The summed E-state index contributed by atoms with van der Waals surface area (Å²) < 4.78 is 2.16. The highest BCUT2D eigenvalue weighted by Gasteiger charge is 2.24. The lowest BCUT2D eigenvalue weighted by Crippen LogP contribution is -2.19. The van der Waals surface area contributed by atoms with Crippen LogP contribution in [-0.4, -0.2) is 15.6 Å². The summed E-state index contributed by atoms with van der Waals surface area (Å²) in [6.45, 7) is 4.10. The van der Waals surface area contributed by atoms with Crippen molar-refractivity contribution in [3.8, 4) is 5.69 Å². The second kappa shape index (κ2) is 7.40. The first kappa shape index (κ1) is 18.1. The molecule has 28 heavy (non-hydrogen) atoms. The molecule has 1 aromatic heterocycles. The van der Waals surface area contributed by atoms with Gasteiger partial charge in [-0.1, -0.05) is 18.2 Å². The molecule has 2 heterocycles. The van der Waals surface area contributed by atoms with Crippen LogP contribution in [0.15, 0.2) is 70.6 Å². The highest BCUT2D eigenvalue weighted by atomic mass is 32.2. The molecule has 6 heteroatoms. The predicted octanol–water partition coefficient (Wildman–Crippen LogP) is 4.57. The number of nitrogen functional groups attached to an aromatic ring is 1. The summed E-state index contributed by atoms with van der Waals surface area (Å²) in [6.07, 6.45) is 1.92. The lowest BCUT2D eigenvalue weighted by molar-refractivity contribution is -0.115. The molecule has 0 aliphatic carbocycles. The lowest BCUT2D eigenvalue weighted by Gasteiger charge is -2.09. The Hall–Kier alpha value is -3.25. The van der Waals surface area contributed by atoms with E-state index in [1.165, 1.54) is 11.8 Å². The number of amidine groups is 1. The third-order valence-corrected chi connectivity index (χ3v) is 5.46. The number of nitrogens with zero attached hydrogens (tertiary/aromatic N) is 2. The molecule has 140 valence electrons. The molecular weight excluding hydrogens is 368 g/mol. The second-order valence-corrected chi connectivity index (χ2v) is 7.60. The highest BCUT2D eigenvalue weighted by Crippen LogP contribution is 2.30. The fourth-order valence-corrected chi connectivity index (χ4v) is 4.03. The van der Waals surface area contributed by atoms with Crippen molar-refractivity contribution in [3.05, 3.63) is 82.5 Å². The van der Waals surface area contributed by atoms with Gasteiger partial charge >= 0.3 is 0 Å². The van der Waals surface area contributed by atoms with Gasteiger partial charge in [0.2, 0.25) is 0 Å². The van der Waals surface area contributed by atoms with Gasteiger partial charge in [-0.3, -0.25) is 4.79 Å². The van der Waals surface area contributed by atoms with Crippen LogP contribution in [0, 0.1) is 13.8 Å². The fourth-order valence-electron chi connectivity index (χ4n) is 3.20. The molecule has 1 aliphatic heterocycles. The first-order valence-corrected chi connectivity index (χ1v) is 9.72. The lowest BCUT2D eigenvalue weighted by atomic mass is 10.2. The van der Waals surface area contributed by atoms with Crippen molar-refractivity contribution >= 4 is 40.3 Å². The number of rotatable bonds is 3. The van der Waals surface area contributed by atoms with Crippen LogP contribution in [0.5, 0.6) is 0 Å². The van der Waals surface area contributed by atoms with Crippen LogP contribution in [0.25, 0.3) is 11.8 Å². The van der Waals surface area contributed by atoms with Gasteiger partial charge in [0.25, 0.3) is 5.91 Å². The topological polar surface area (TPSA) is 72.4 Å². The van der Waals surface area contributed by atoms with Crippen LogP contribution in [-0.2, 0) is 4.79 Å². The molecule has 5 nitrogen and oxygen atoms in total. The Labute approximate surface area is 168 Å². The smallest absolute Gasteiger partial charge is 0.264 e. The predicted molar refractivity (Wildman–Crippen MR) is 117 cm³/mol. The number of hydrogen-bond donors (Lipinski definition) is 2. The second-order valence-electron chi connectivity index (χ2n) is 6.57. The molecule has 4 rings (SSSR count). The summed E-state index contributed by atoms with van der Waals surface area (Å²) in [4.78, 5) is 17.5. The van der Waals surface area contributed by atoms with E-state index in [0.717, 1.165) is 34.0 Å². The summed E-state index contributed by atoms with van der Waals surface area (Å²) in [5, 5.41) is 3.43. The number of para-hydroxylation sites is 1. The number of aromatic nitrogens is 1. The van der Waals surface area contributed by atoms with E-state index in [0.29, 0.717) is 10.1 Å². The van der Waals surface area contributed by atoms with Crippen LogP contribution in [0.3, 0.4) is 0 Å². The van der Waals surface area contributed by atoms with Gasteiger partial charge in [-0.15, -0.1) is 0 Å². The van der Waals surface area contributed by atoms with Gasteiger partial charge in [0.1, 0.15) is 0 Å². The quantitative estimate of drug-likeness (QED) is 0.510. The molecule has 1 aliphatic rings. The van der Waals surface area contributed by atoms with Gasteiger partial charge in [0.05, 0.1) is 10.6 Å². The van der Waals surface area contributed by atoms with Crippen molar-refractivity contribution in [3.63, 3.8) is 0 Å². The zero-order valence-electron chi connectivity index (χ0n) is 15.6. The van der Waals surface area contributed by atoms with E-state index < -0.39 is 0 Å². The zero-order valence-corrected chi connectivity index (χ0v) is 16.5. The minimum atomic E-state index is -0.128. The minimum absolute atomic E-state index is 0.128. The average molecular weight is 388 g/mol. The molecule has 1 saturated heterocycles. The number of nitrogens with two attached hydrogens (primary N) is 1. The molecular formula is C22H20N4OS. The fraction of sp³-hybridized carbons (Fsp3) is 0.0909. The number of carbonyl (C=O) groups excluding carboxylic acids is 1. The number of aliphatic imine (C=N–C) groups is 1. The van der Waals surface area contributed by atoms with Gasteiger partial charge in [-0.25, -0.2) is 4.99 Å². The van der Waals surface area contributed by atoms with E-state index in [1.807, 2.05) is 67.6 Å². The Bertz CT molecular complexity index is 1100. The van der Waals surface area contributed by atoms with Gasteiger partial charge in [-0.2, -0.15) is 0 Å². The Balaban J connectivity index is 1.64. The van der Waals surface area contributed by atoms with Gasteiger partial charge in [-0.05, 0) is 79.7 Å². The van der Waals surface area contributed by atoms with Gasteiger partial charge in [0.15, 0.2) is 5.17 Å². The first-order chi connectivity index (χ1) is 13.5. The normalized spacial score (nSPS) is 16.7. The van der Waals surface area contributed by atoms with E-state index in [9.17, 15) is 4.79 Å². The van der Waals surface area contributed by atoms with Crippen LogP contribution in [0.4, 0.5) is 11.4 Å². The Morgan fingerprint density at radius 2 is 1.79 bits per heavy atom. The molecule has 3 N–H and O–H groups in total. The third kappa shape index (κ3) is 3.59. The van der Waals surface area contributed by atoms with Crippen LogP contribution in [0.2, 0.25) is 0 Å². The molecule has 0 spiro atoms. The molecule has 0 radical (unpaired) electrons. The van der Waals surface area contributed by atoms with Crippen molar-refractivity contribution in [2.24, 2.45) is 4.99 Å². The summed E-state index contributed by atoms with van der Waals surface area (Å²) in [7, 11) is 0. The summed E-state index contributed by atoms with van der Waals surface area (Å²) in [5.74, 6) is -0.128. The van der Waals surface area contributed by atoms with Crippen molar-refractivity contribution in [1.82, 2.24) is 9.88 Å². The number of benzene rings is 2. The molecule has 2 aromatic carbocycles. The first-order valence-electron chi connectivity index (χ1n) is 8.91. The van der Waals surface area contributed by atoms with E-state index in [2.05, 4.69) is 27.9 Å². The van der Waals surface area contributed by atoms with Crippen molar-refractivity contribution in [2.75, 3.05) is 5.73 Å². The van der Waals surface area contributed by atoms with Crippen molar-refractivity contribution in [1.29, 1.82) is 0 Å². The molecule has 0 saturated carbocycles. The number of anilines is 1. The molecule has 0 atom stereocenters. The zero-order chi connectivity index (χ0) is 19.7. The maximum atomic E-state index is 12.4. The third-order valence-electron chi connectivity index (χ3n) is 4.55. The number of nitrogens with one attached hydrogen (secondary N) is 1. The number of aryl methyl sites for hydroxylation is 1. The SMILES string of the molecule is Cc1cc(/C=C2\SC(=Nc3ccccc3)NC2=O)c(C)n1-c1ccc(N)cc1. The molecule has 1 amide bonds. The number of amides is 1. The molecule has 0 unspecified atom stereocenters. The Kier molecular flexibility index (Phi) is 4.79. The van der Waals surface area contributed by atoms with Gasteiger partial charge in [0, 0.05) is 22.8 Å². The maximum Gasteiger partial charge on any atom is 0.264 e. The number of carbonyl (C=O) groups is 1. The highest BCUT2D eigenvalue weighted by molar-refractivity contribution is 8.18. The Morgan fingerprint density at radius 3 is 2.50 bits per heavy atom.